The van der Waals surface area contributed by atoms with E-state index < -0.39 is 15.5 Å². The Hall–Kier alpha value is -5.69. The number of rotatable bonds is 22. The fourth-order valence-corrected chi connectivity index (χ4v) is 13.6. The van der Waals surface area contributed by atoms with Gasteiger partial charge in [0.05, 0.1) is 67.9 Å². The molecular formula is C50H52N10O12S6. The molecule has 0 fully saturated rings. The van der Waals surface area contributed by atoms with Crippen molar-refractivity contribution < 1.29 is 56.9 Å². The maximum absolute atomic E-state index is 13.4. The average molecular weight is 1180 g/mol. The summed E-state index contributed by atoms with van der Waals surface area (Å²) in [5.41, 5.74) is 6.94. The number of hydrogen-bond acceptors (Lipinski definition) is 25. The van der Waals surface area contributed by atoms with Crippen molar-refractivity contribution in [3.8, 4) is 11.2 Å². The van der Waals surface area contributed by atoms with Crippen LogP contribution < -0.4 is 10.2 Å². The largest absolute Gasteiger partial charge is 0.338 e. The summed E-state index contributed by atoms with van der Waals surface area (Å²) < 4.78 is 55.0. The minimum absolute atomic E-state index is 0.0864. The van der Waals surface area contributed by atoms with Crippen LogP contribution in [-0.2, 0) is 69.3 Å². The van der Waals surface area contributed by atoms with Crippen LogP contribution in [0, 0.1) is 32.1 Å². The Bertz CT molecular complexity index is 3740. The zero-order valence-corrected chi connectivity index (χ0v) is 48.5. The molecule has 0 aliphatic heterocycles. The highest BCUT2D eigenvalue weighted by Crippen LogP contribution is 2.48. The molecule has 0 atom stereocenters. The van der Waals surface area contributed by atoms with Crippen LogP contribution in [0.2, 0.25) is 0 Å². The van der Waals surface area contributed by atoms with Crippen LogP contribution in [0.3, 0.4) is 0 Å². The zero-order chi connectivity index (χ0) is 56.2. The van der Waals surface area contributed by atoms with Crippen molar-refractivity contribution in [1.82, 2.24) is 24.7 Å². The topological polar surface area (TPSA) is 291 Å². The number of nitrogens with one attached hydrogen (secondary N) is 1. The van der Waals surface area contributed by atoms with Crippen molar-refractivity contribution in [1.29, 1.82) is 5.26 Å². The molecule has 8 rings (SSSR count). The van der Waals surface area contributed by atoms with E-state index in [-0.39, 0.29) is 40.0 Å². The van der Waals surface area contributed by atoms with Gasteiger partial charge in [0.15, 0.2) is 16.8 Å². The van der Waals surface area contributed by atoms with Crippen molar-refractivity contribution in [2.24, 2.45) is 10.2 Å². The lowest BCUT2D eigenvalue weighted by Gasteiger charge is -2.29. The predicted octanol–water partition coefficient (Wildman–Crippen LogP) is 15.0. The molecule has 5 N–H and O–H groups in total. The van der Waals surface area contributed by atoms with Gasteiger partial charge in [0, 0.05) is 25.8 Å². The molecular weight excluding hydrogens is 1130 g/mol. The molecule has 0 spiro atoms. The Morgan fingerprint density at radius 1 is 0.756 bits per heavy atom. The molecule has 0 unspecified atom stereocenters. The van der Waals surface area contributed by atoms with Crippen LogP contribution >= 0.6 is 58.8 Å². The fourth-order valence-electron chi connectivity index (χ4n) is 9.00. The fraction of sp³-hybridized carbons (Fsp3) is 0.300. The van der Waals surface area contributed by atoms with Crippen molar-refractivity contribution in [3.63, 3.8) is 0 Å². The summed E-state index contributed by atoms with van der Waals surface area (Å²) in [6.45, 7) is 18.9. The molecule has 8 aromatic rings. The first kappa shape index (κ1) is 58.5. The summed E-state index contributed by atoms with van der Waals surface area (Å²) in [5.74, 6) is 0.536. The molecule has 0 aliphatic rings. The maximum atomic E-state index is 13.4. The monoisotopic (exact) mass is 1180 g/mol. The first-order chi connectivity index (χ1) is 37.3. The van der Waals surface area contributed by atoms with Gasteiger partial charge in [0.25, 0.3) is 10.1 Å². The summed E-state index contributed by atoms with van der Waals surface area (Å²) in [7, 11) is -4.78. The number of nitriles is 1. The van der Waals surface area contributed by atoms with Crippen molar-refractivity contribution in [2.45, 2.75) is 120 Å². The standard InChI is InChI=1S/C50H52N10O12S6/c1-11-28-19-26(6)43(77-72-69-63)32(13-3)41(28)55-46-40(56-57-47-34(24-51)45(50(8,9)10)58-60(47)49-53-36-18-16-31(76-71-68-62)23-38(36)74-49)25(5)21-39(54-46)59(48-52-35-17-15-30(75-70-67-61)22-37(35)73-48)42-29(12-2)20-27(7)44(33(42)14-4)78(64,65)66/h15-23,61-63H,11-14H2,1-10H3,(H,54,55)(H,64,65,66)/b57-56+. The highest BCUT2D eigenvalue weighted by molar-refractivity contribution is 7.95. The Balaban J connectivity index is 1.44. The van der Waals surface area contributed by atoms with E-state index in [1.165, 1.54) is 27.4 Å². The molecule has 28 heteroatoms. The van der Waals surface area contributed by atoms with E-state index in [0.29, 0.717) is 93.7 Å². The van der Waals surface area contributed by atoms with Gasteiger partial charge in [-0.1, -0.05) is 98.4 Å². The van der Waals surface area contributed by atoms with Crippen LogP contribution in [0.4, 0.5) is 39.6 Å². The van der Waals surface area contributed by atoms with Crippen LogP contribution in [0.1, 0.15) is 98.7 Å². The van der Waals surface area contributed by atoms with Gasteiger partial charge in [-0.15, -0.1) is 23.2 Å². The third-order valence-corrected chi connectivity index (χ3v) is 17.4. The maximum Gasteiger partial charge on any atom is 0.295 e. The summed E-state index contributed by atoms with van der Waals surface area (Å²) in [6.07, 6.45) is 1.65. The number of thiazole rings is 2. The number of hydrogen-bond donors (Lipinski definition) is 5. The number of benzene rings is 4. The van der Waals surface area contributed by atoms with Gasteiger partial charge in [0.1, 0.15) is 28.0 Å². The third kappa shape index (κ3) is 12.1. The van der Waals surface area contributed by atoms with Crippen LogP contribution in [0.25, 0.3) is 25.6 Å². The lowest BCUT2D eigenvalue weighted by atomic mass is 9.90. The molecule has 78 heavy (non-hydrogen) atoms. The van der Waals surface area contributed by atoms with E-state index in [1.807, 2.05) is 68.4 Å². The second kappa shape index (κ2) is 24.8. The zero-order valence-electron chi connectivity index (χ0n) is 43.6. The normalized spacial score (nSPS) is 12.2. The van der Waals surface area contributed by atoms with E-state index in [9.17, 15) is 23.5 Å². The van der Waals surface area contributed by atoms with Crippen molar-refractivity contribution >= 4 is 129 Å². The minimum Gasteiger partial charge on any atom is -0.338 e. The molecule has 4 aromatic carbocycles. The molecule has 22 nitrogen and oxygen atoms in total. The number of aromatic nitrogens is 5. The Morgan fingerprint density at radius 3 is 1.94 bits per heavy atom. The van der Waals surface area contributed by atoms with Crippen LogP contribution in [0.15, 0.2) is 84.4 Å². The Labute approximate surface area is 469 Å². The third-order valence-electron chi connectivity index (χ3n) is 12.3. The Morgan fingerprint density at radius 2 is 1.36 bits per heavy atom. The van der Waals surface area contributed by atoms with Gasteiger partial charge in [-0.2, -0.15) is 23.5 Å². The summed E-state index contributed by atoms with van der Waals surface area (Å²) in [6, 6.07) is 18.4. The first-order valence-corrected chi connectivity index (χ1v) is 29.2. The lowest BCUT2D eigenvalue weighted by molar-refractivity contribution is -0.432. The van der Waals surface area contributed by atoms with E-state index >= 15 is 0 Å². The smallest absolute Gasteiger partial charge is 0.295 e. The molecule has 0 saturated heterocycles. The van der Waals surface area contributed by atoms with Crippen LogP contribution in [-0.4, -0.2) is 53.5 Å². The summed E-state index contributed by atoms with van der Waals surface area (Å²) in [5, 5.41) is 68.6. The number of pyridine rings is 1. The SMILES string of the molecule is CCc1cc(C)c(SOOO)c(CC)c1Nc1nc(N(c2nc3ccc(SOOO)cc3s2)c2c(CC)cc(C)c(S(=O)(=O)O)c2CC)cc(C)c1/N=N/c1c(C#N)c(C(C)(C)C)nn1-c1nc2ccc(SOOO)cc2s1. The van der Waals surface area contributed by atoms with Gasteiger partial charge in [-0.05, 0) is 128 Å². The molecule has 0 saturated carbocycles. The van der Waals surface area contributed by atoms with Crippen molar-refractivity contribution in [2.75, 3.05) is 10.2 Å². The van der Waals surface area contributed by atoms with Crippen LogP contribution in [0.5, 0.6) is 0 Å². The average Bonchev–Trinajstić information content (AvgIpc) is 4.16. The van der Waals surface area contributed by atoms with E-state index in [0.717, 1.165) is 63.1 Å². The van der Waals surface area contributed by atoms with E-state index in [2.05, 4.69) is 30.8 Å². The number of nitrogens with zero attached hydrogens (tertiary/aromatic N) is 9. The summed E-state index contributed by atoms with van der Waals surface area (Å²) in [4.78, 5) is 18.7. The highest BCUT2D eigenvalue weighted by atomic mass is 32.2. The molecule has 0 bridgehead atoms. The summed E-state index contributed by atoms with van der Waals surface area (Å²) >= 11 is 4.97. The molecule has 0 amide bonds. The lowest BCUT2D eigenvalue weighted by Crippen LogP contribution is -2.19. The van der Waals surface area contributed by atoms with Gasteiger partial charge in [0.2, 0.25) is 5.13 Å². The number of azo groups is 1. The number of aryl methyl sites for hydroxylation is 5. The molecule has 0 radical (unpaired) electrons. The molecule has 0 aliphatic carbocycles. The van der Waals surface area contributed by atoms with E-state index in [1.54, 1.807) is 60.4 Å². The number of anilines is 5. The minimum atomic E-state index is -4.78. The van der Waals surface area contributed by atoms with Crippen molar-refractivity contribution in [3.05, 3.63) is 105 Å². The highest BCUT2D eigenvalue weighted by Gasteiger charge is 2.33. The number of fused-ring (bicyclic) bond motifs is 2. The van der Waals surface area contributed by atoms with Gasteiger partial charge in [-0.3, -0.25) is 9.45 Å². The van der Waals surface area contributed by atoms with E-state index in [4.69, 9.17) is 49.5 Å². The molecule has 4 heterocycles. The quantitative estimate of drug-likeness (QED) is 0.0138. The second-order valence-corrected chi connectivity index (χ2v) is 24.0. The Kier molecular flexibility index (Phi) is 18.6. The van der Waals surface area contributed by atoms with Gasteiger partial charge in [-0.25, -0.2) is 30.7 Å². The molecule has 410 valence electrons. The molecule has 4 aromatic heterocycles. The van der Waals surface area contributed by atoms with Gasteiger partial charge < -0.3 is 5.32 Å². The van der Waals surface area contributed by atoms with Gasteiger partial charge >= 0.3 is 0 Å². The predicted molar refractivity (Wildman–Crippen MR) is 300 cm³/mol. The first-order valence-electron chi connectivity index (χ1n) is 23.9. The second-order valence-electron chi connectivity index (χ2n) is 18.3.